The van der Waals surface area contributed by atoms with Crippen molar-refractivity contribution in [1.29, 1.82) is 0 Å². The molecule has 1 aromatic heterocycles. The first-order chi connectivity index (χ1) is 30.0. The van der Waals surface area contributed by atoms with Crippen LogP contribution < -0.4 is 15.1 Å². The monoisotopic (exact) mass is 938 g/mol. The molecule has 6 atom stereocenters. The number of aromatic hydroxyl groups is 1. The lowest BCUT2D eigenvalue weighted by Crippen LogP contribution is -2.54. The molecule has 10 nitrogen and oxygen atoms in total. The standard InChI is InChI=1S/C43H29Cl2F9N4O6/c1-64-33-12-19(3-11-32(33)59)2-10-29-26-8-9-27-34(38(62)57(36(27)60)25-14-21(41(46,47)48)13-22(15-25)42(49,50)51)28(26)17-30-37(61)58(39(63)40(29,30)20-4-6-24(44)7-5-20)56-35-31(45)16-23(18-55-35)43(52,53)54/h2-8,10-16,18,27-30,34,59H,9,17H2,1H3,(H,55,56). The molecule has 4 aliphatic rings. The molecule has 3 heterocycles. The van der Waals surface area contributed by atoms with Crippen LogP contribution in [-0.2, 0) is 43.1 Å². The van der Waals surface area contributed by atoms with Gasteiger partial charge in [0.1, 0.15) is 0 Å². The molecule has 2 aliphatic heterocycles. The van der Waals surface area contributed by atoms with Gasteiger partial charge in [-0.25, -0.2) is 9.88 Å². The van der Waals surface area contributed by atoms with Gasteiger partial charge in [-0.05, 0) is 78.4 Å². The van der Waals surface area contributed by atoms with Crippen LogP contribution in [0.25, 0.3) is 6.08 Å². The zero-order valence-electron chi connectivity index (χ0n) is 32.4. The average molecular weight is 940 g/mol. The van der Waals surface area contributed by atoms with Crippen molar-refractivity contribution in [2.24, 2.45) is 29.6 Å². The highest BCUT2D eigenvalue weighted by molar-refractivity contribution is 6.33. The number of allylic oxidation sites excluding steroid dienone is 3. The highest BCUT2D eigenvalue weighted by atomic mass is 35.5. The van der Waals surface area contributed by atoms with Crippen LogP contribution >= 0.6 is 23.2 Å². The van der Waals surface area contributed by atoms with Gasteiger partial charge >= 0.3 is 18.5 Å². The number of imide groups is 2. The zero-order chi connectivity index (χ0) is 46.4. The predicted molar refractivity (Wildman–Crippen MR) is 210 cm³/mol. The molecule has 8 rings (SSSR count). The summed E-state index contributed by atoms with van der Waals surface area (Å²) in [5.41, 5.74) is -4.33. The van der Waals surface area contributed by atoms with E-state index in [1.54, 1.807) is 6.08 Å². The fraction of sp³-hybridized carbons (Fsp3) is 0.279. The van der Waals surface area contributed by atoms with Gasteiger partial charge in [-0.15, -0.1) is 0 Å². The van der Waals surface area contributed by atoms with E-state index in [1.165, 1.54) is 61.7 Å². The Balaban J connectivity index is 1.29. The van der Waals surface area contributed by atoms with E-state index in [2.05, 4.69) is 10.4 Å². The Morgan fingerprint density at radius 2 is 1.45 bits per heavy atom. The number of halogens is 11. The van der Waals surface area contributed by atoms with E-state index < -0.39 is 117 Å². The number of hydrogen-bond donors (Lipinski definition) is 2. The van der Waals surface area contributed by atoms with Crippen LogP contribution in [0.3, 0.4) is 0 Å². The van der Waals surface area contributed by atoms with Crippen LogP contribution in [0.1, 0.15) is 40.7 Å². The summed E-state index contributed by atoms with van der Waals surface area (Å²) in [6.07, 6.45) is -11.1. The zero-order valence-corrected chi connectivity index (χ0v) is 34.0. The van der Waals surface area contributed by atoms with Crippen LogP contribution in [0, 0.1) is 29.6 Å². The molecular weight excluding hydrogens is 910 g/mol. The van der Waals surface area contributed by atoms with E-state index >= 15 is 4.79 Å². The highest BCUT2D eigenvalue weighted by Crippen LogP contribution is 2.62. The lowest BCUT2D eigenvalue weighted by Gasteiger charge is -2.49. The van der Waals surface area contributed by atoms with Crippen molar-refractivity contribution in [3.05, 3.63) is 129 Å². The van der Waals surface area contributed by atoms with E-state index in [9.17, 15) is 59.0 Å². The minimum Gasteiger partial charge on any atom is -0.504 e. The quantitative estimate of drug-likeness (QED) is 0.107. The maximum absolute atomic E-state index is 15.3. The second kappa shape index (κ2) is 15.6. The number of hydrogen-bond acceptors (Lipinski definition) is 8. The number of hydrazine groups is 1. The molecule has 4 amide bonds. The van der Waals surface area contributed by atoms with Gasteiger partial charge in [0, 0.05) is 17.1 Å². The first-order valence-electron chi connectivity index (χ1n) is 19.0. The van der Waals surface area contributed by atoms with Gasteiger partial charge in [-0.2, -0.15) is 44.5 Å². The summed E-state index contributed by atoms with van der Waals surface area (Å²) >= 11 is 12.5. The van der Waals surface area contributed by atoms with Gasteiger partial charge in [0.05, 0.1) is 57.7 Å². The van der Waals surface area contributed by atoms with E-state index in [4.69, 9.17) is 27.9 Å². The van der Waals surface area contributed by atoms with Crippen molar-refractivity contribution >= 4 is 64.4 Å². The highest BCUT2D eigenvalue weighted by Gasteiger charge is 2.70. The van der Waals surface area contributed by atoms with Gasteiger partial charge < -0.3 is 9.84 Å². The number of alkyl halides is 9. The third-order valence-electron chi connectivity index (χ3n) is 12.1. The Kier molecular flexibility index (Phi) is 10.8. The molecule has 0 bridgehead atoms. The number of amides is 4. The second-order valence-corrected chi connectivity index (χ2v) is 16.4. The summed E-state index contributed by atoms with van der Waals surface area (Å²) in [5.74, 6) is -11.5. The summed E-state index contributed by atoms with van der Waals surface area (Å²) in [5, 5.41) is 10.4. The summed E-state index contributed by atoms with van der Waals surface area (Å²) in [7, 11) is 1.30. The maximum atomic E-state index is 15.3. The molecule has 6 unspecified atom stereocenters. The van der Waals surface area contributed by atoms with Crippen molar-refractivity contribution in [3.8, 4) is 11.5 Å². The van der Waals surface area contributed by atoms with Crippen LogP contribution in [0.15, 0.2) is 90.7 Å². The van der Waals surface area contributed by atoms with E-state index in [1.807, 2.05) is 0 Å². The Morgan fingerprint density at radius 1 is 0.812 bits per heavy atom. The van der Waals surface area contributed by atoms with Gasteiger partial charge in [0.25, 0.3) is 11.8 Å². The topological polar surface area (TPSA) is 129 Å². The Morgan fingerprint density at radius 3 is 2.05 bits per heavy atom. The molecule has 2 N–H and O–H groups in total. The van der Waals surface area contributed by atoms with Crippen molar-refractivity contribution in [2.75, 3.05) is 17.4 Å². The number of methoxy groups -OCH3 is 1. The number of anilines is 2. The minimum absolute atomic E-state index is 0.0514. The SMILES string of the molecule is COc1cc(C=CC2C3=CCC4C(=O)N(c5cc(C(F)(F)F)cc(C(F)(F)F)c5)C(=O)C4C3CC3C(=O)N(Nc4ncc(C(F)(F)F)cc4Cl)C(=O)C23c2ccc(Cl)cc2)ccc1O. The molecular formula is C43H29Cl2F9N4O6. The van der Waals surface area contributed by atoms with E-state index in [0.29, 0.717) is 33.3 Å². The number of carbonyl (C=O) groups is 4. The van der Waals surface area contributed by atoms with Crippen LogP contribution in [0.5, 0.6) is 11.5 Å². The van der Waals surface area contributed by atoms with Gasteiger partial charge in [-0.1, -0.05) is 65.2 Å². The fourth-order valence-electron chi connectivity index (χ4n) is 9.36. The van der Waals surface area contributed by atoms with Crippen LogP contribution in [0.2, 0.25) is 10.0 Å². The van der Waals surface area contributed by atoms with Crippen molar-refractivity contribution in [3.63, 3.8) is 0 Å². The first kappa shape index (κ1) is 44.5. The molecule has 3 aromatic carbocycles. The van der Waals surface area contributed by atoms with Crippen molar-refractivity contribution in [2.45, 2.75) is 36.8 Å². The molecule has 2 saturated heterocycles. The lowest BCUT2D eigenvalue weighted by molar-refractivity contribution is -0.143. The smallest absolute Gasteiger partial charge is 0.417 e. The Hall–Kier alpha value is -6.08. The summed E-state index contributed by atoms with van der Waals surface area (Å²) < 4.78 is 130. The fourth-order valence-corrected chi connectivity index (χ4v) is 9.69. The van der Waals surface area contributed by atoms with Crippen LogP contribution in [0.4, 0.5) is 51.0 Å². The lowest BCUT2D eigenvalue weighted by atomic mass is 9.50. The van der Waals surface area contributed by atoms with Gasteiger partial charge in [0.15, 0.2) is 17.3 Å². The third kappa shape index (κ3) is 7.31. The molecule has 3 fully saturated rings. The number of carbonyl (C=O) groups excluding carboxylic acids is 4. The number of phenolic OH excluding ortho intramolecular Hbond substituents is 1. The van der Waals surface area contributed by atoms with E-state index in [-0.39, 0.29) is 46.7 Å². The summed E-state index contributed by atoms with van der Waals surface area (Å²) in [4.78, 5) is 62.8. The molecule has 21 heteroatoms. The number of ether oxygens (including phenoxy) is 1. The number of nitrogens with zero attached hydrogens (tertiary/aromatic N) is 3. The summed E-state index contributed by atoms with van der Waals surface area (Å²) in [6.45, 7) is 0. The largest absolute Gasteiger partial charge is 0.504 e. The molecule has 4 aromatic rings. The van der Waals surface area contributed by atoms with Crippen molar-refractivity contribution < 1.29 is 68.5 Å². The number of benzene rings is 3. The number of rotatable bonds is 7. The number of pyridine rings is 1. The molecule has 2 aliphatic carbocycles. The van der Waals surface area contributed by atoms with E-state index in [0.717, 1.165) is 0 Å². The molecule has 334 valence electrons. The molecule has 1 saturated carbocycles. The average Bonchev–Trinajstić information content (AvgIpc) is 3.61. The normalized spacial score (nSPS) is 24.8. The number of nitrogens with one attached hydrogen (secondary N) is 1. The molecule has 64 heavy (non-hydrogen) atoms. The first-order valence-corrected chi connectivity index (χ1v) is 19.8. The Bertz CT molecular complexity index is 2660. The second-order valence-electron chi connectivity index (χ2n) is 15.5. The Labute approximate surface area is 365 Å². The van der Waals surface area contributed by atoms with Gasteiger partial charge in [-0.3, -0.25) is 24.6 Å². The minimum atomic E-state index is -5.31. The predicted octanol–water partition coefficient (Wildman–Crippen LogP) is 9.89. The third-order valence-corrected chi connectivity index (χ3v) is 12.7. The number of phenols is 1. The maximum Gasteiger partial charge on any atom is 0.417 e. The van der Waals surface area contributed by atoms with Gasteiger partial charge in [0.2, 0.25) is 11.8 Å². The number of fused-ring (bicyclic) bond motifs is 4. The van der Waals surface area contributed by atoms with Crippen molar-refractivity contribution in [1.82, 2.24) is 9.99 Å². The number of aromatic nitrogens is 1. The molecule has 0 radical (unpaired) electrons. The molecule has 0 spiro atoms. The summed E-state index contributed by atoms with van der Waals surface area (Å²) in [6, 6.07) is 11.0. The van der Waals surface area contributed by atoms with Crippen LogP contribution in [-0.4, -0.2) is 45.8 Å².